The smallest absolute Gasteiger partial charge is 0.0435 e. The molecule has 0 fully saturated rings. The van der Waals surface area contributed by atoms with E-state index in [1.54, 1.807) is 0 Å². The third-order valence-corrected chi connectivity index (χ3v) is 4.50. The van der Waals surface area contributed by atoms with Crippen molar-refractivity contribution < 1.29 is 0 Å². The molecule has 0 bridgehead atoms. The minimum Gasteiger partial charge on any atom is -0.261 e. The van der Waals surface area contributed by atoms with Gasteiger partial charge in [0.25, 0.3) is 0 Å². The van der Waals surface area contributed by atoms with Crippen LogP contribution < -0.4 is 0 Å². The highest BCUT2D eigenvalue weighted by Gasteiger charge is 2.02. The Morgan fingerprint density at radius 3 is 1.67 bits per heavy atom. The van der Waals surface area contributed by atoms with Crippen molar-refractivity contribution in [2.24, 2.45) is 0 Å². The van der Waals surface area contributed by atoms with Crippen molar-refractivity contribution in [2.45, 2.75) is 40.5 Å². The highest BCUT2D eigenvalue weighted by Crippen LogP contribution is 2.21. The zero-order valence-electron chi connectivity index (χ0n) is 18.7. The van der Waals surface area contributed by atoms with E-state index in [1.807, 2.05) is 63.5 Å². The van der Waals surface area contributed by atoms with Crippen molar-refractivity contribution in [1.82, 2.24) is 9.97 Å². The Bertz CT molecular complexity index is 976. The first kappa shape index (κ1) is 23.0. The first-order chi connectivity index (χ1) is 14.6. The molecular formula is C28H32N2. The summed E-state index contributed by atoms with van der Waals surface area (Å²) < 4.78 is 0. The lowest BCUT2D eigenvalue weighted by atomic mass is 10.0. The molecule has 0 aliphatic rings. The van der Waals surface area contributed by atoms with Crippen LogP contribution in [0.5, 0.6) is 0 Å². The molecule has 2 heteroatoms. The van der Waals surface area contributed by atoms with Gasteiger partial charge in [0.2, 0.25) is 0 Å². The van der Waals surface area contributed by atoms with E-state index in [4.69, 9.17) is 0 Å². The third kappa shape index (κ3) is 6.97. The average Bonchev–Trinajstić information content (AvgIpc) is 2.82. The van der Waals surface area contributed by atoms with Crippen molar-refractivity contribution in [1.29, 1.82) is 0 Å². The van der Waals surface area contributed by atoms with Crippen LogP contribution in [0.25, 0.3) is 22.3 Å². The number of rotatable bonds is 3. The molecule has 30 heavy (non-hydrogen) atoms. The molecule has 4 aromatic rings. The lowest BCUT2D eigenvalue weighted by molar-refractivity contribution is 0.823. The monoisotopic (exact) mass is 396 g/mol. The number of pyridine rings is 2. The number of hydrogen-bond donors (Lipinski definition) is 0. The van der Waals surface area contributed by atoms with Gasteiger partial charge in [-0.15, -0.1) is 0 Å². The number of benzene rings is 2. The molecule has 0 aliphatic carbocycles. The Balaban J connectivity index is 0.000000199. The summed E-state index contributed by atoms with van der Waals surface area (Å²) in [6, 6.07) is 29.0. The molecule has 2 nitrogen and oxygen atoms in total. The topological polar surface area (TPSA) is 25.8 Å². The molecule has 0 amide bonds. The summed E-state index contributed by atoms with van der Waals surface area (Å²) in [4.78, 5) is 8.62. The van der Waals surface area contributed by atoms with E-state index in [1.165, 1.54) is 22.3 Å². The summed E-state index contributed by atoms with van der Waals surface area (Å²) in [6.07, 6.45) is 3.79. The normalized spacial score (nSPS) is 9.80. The summed E-state index contributed by atoms with van der Waals surface area (Å²) in [7, 11) is 0. The van der Waals surface area contributed by atoms with Gasteiger partial charge in [-0.25, -0.2) is 0 Å². The summed E-state index contributed by atoms with van der Waals surface area (Å²) >= 11 is 0. The van der Waals surface area contributed by atoms with Gasteiger partial charge in [0, 0.05) is 29.3 Å². The van der Waals surface area contributed by atoms with Gasteiger partial charge in [-0.1, -0.05) is 94.4 Å². The molecule has 0 aliphatic heterocycles. The van der Waals surface area contributed by atoms with E-state index in [0.29, 0.717) is 5.92 Å². The van der Waals surface area contributed by atoms with Crippen molar-refractivity contribution in [3.63, 3.8) is 0 Å². The standard InChI is InChI=1S/C14H15N.C12H11N.C2H6/c1-11(2)14-10-13(8-9-15-14)12-6-4-3-5-7-12;1-10-7-8-12(9-13-10)11-5-3-2-4-6-11;1-2/h3-11H,1-2H3;2-9H,1H3;1-2H3. The van der Waals surface area contributed by atoms with E-state index in [-0.39, 0.29) is 0 Å². The minimum absolute atomic E-state index is 0.480. The Labute approximate surface area is 181 Å². The quantitative estimate of drug-likeness (QED) is 0.351. The first-order valence-electron chi connectivity index (χ1n) is 10.6. The molecule has 154 valence electrons. The van der Waals surface area contributed by atoms with Gasteiger partial charge in [0.1, 0.15) is 0 Å². The maximum absolute atomic E-state index is 4.36. The Morgan fingerprint density at radius 1 is 0.600 bits per heavy atom. The second-order valence-electron chi connectivity index (χ2n) is 7.04. The fraction of sp³-hybridized carbons (Fsp3) is 0.214. The molecule has 0 spiro atoms. The van der Waals surface area contributed by atoms with Crippen molar-refractivity contribution in [3.05, 3.63) is 109 Å². The van der Waals surface area contributed by atoms with Crippen molar-refractivity contribution >= 4 is 0 Å². The van der Waals surface area contributed by atoms with Crippen molar-refractivity contribution in [3.8, 4) is 22.3 Å². The van der Waals surface area contributed by atoms with Crippen LogP contribution >= 0.6 is 0 Å². The first-order valence-corrected chi connectivity index (χ1v) is 10.6. The van der Waals surface area contributed by atoms with Gasteiger partial charge in [-0.2, -0.15) is 0 Å². The summed E-state index contributed by atoms with van der Waals surface area (Å²) in [5.41, 5.74) is 7.09. The Kier molecular flexibility index (Phi) is 9.47. The van der Waals surface area contributed by atoms with Gasteiger partial charge in [-0.3, -0.25) is 9.97 Å². The van der Waals surface area contributed by atoms with E-state index in [9.17, 15) is 0 Å². The number of nitrogens with zero attached hydrogens (tertiary/aromatic N) is 2. The molecule has 4 rings (SSSR count). The number of hydrogen-bond acceptors (Lipinski definition) is 2. The van der Waals surface area contributed by atoms with Gasteiger partial charge in [-0.05, 0) is 47.7 Å². The molecule has 0 saturated heterocycles. The fourth-order valence-corrected chi connectivity index (χ4v) is 2.84. The molecule has 2 heterocycles. The lowest BCUT2D eigenvalue weighted by Crippen LogP contribution is -1.92. The SMILES string of the molecule is CC.CC(C)c1cc(-c2ccccc2)ccn1.Cc1ccc(-c2ccccc2)cn1. The zero-order valence-corrected chi connectivity index (χ0v) is 18.7. The van der Waals surface area contributed by atoms with Crippen LogP contribution in [0, 0.1) is 6.92 Å². The van der Waals surface area contributed by atoms with E-state index >= 15 is 0 Å². The largest absolute Gasteiger partial charge is 0.261 e. The van der Waals surface area contributed by atoms with Gasteiger partial charge in [0.15, 0.2) is 0 Å². The maximum atomic E-state index is 4.36. The molecular weight excluding hydrogens is 364 g/mol. The number of aromatic nitrogens is 2. The summed E-state index contributed by atoms with van der Waals surface area (Å²) in [5.74, 6) is 0.480. The third-order valence-electron chi connectivity index (χ3n) is 4.50. The highest BCUT2D eigenvalue weighted by atomic mass is 14.7. The second-order valence-corrected chi connectivity index (χ2v) is 7.04. The van der Waals surface area contributed by atoms with Gasteiger partial charge < -0.3 is 0 Å². The predicted octanol–water partition coefficient (Wildman–Crippen LogP) is 7.96. The lowest BCUT2D eigenvalue weighted by Gasteiger charge is -2.06. The summed E-state index contributed by atoms with van der Waals surface area (Å²) in [6.45, 7) is 10.3. The Hall–Kier alpha value is -3.26. The van der Waals surface area contributed by atoms with Crippen molar-refractivity contribution in [2.75, 3.05) is 0 Å². The summed E-state index contributed by atoms with van der Waals surface area (Å²) in [5, 5.41) is 0. The van der Waals surface area contributed by atoms with Crippen LogP contribution in [0.3, 0.4) is 0 Å². The molecule has 0 N–H and O–H groups in total. The minimum atomic E-state index is 0.480. The molecule has 2 aromatic carbocycles. The van der Waals surface area contributed by atoms with E-state index in [2.05, 4.69) is 78.4 Å². The highest BCUT2D eigenvalue weighted by molar-refractivity contribution is 5.63. The van der Waals surface area contributed by atoms with Crippen LogP contribution in [0.15, 0.2) is 97.3 Å². The fourth-order valence-electron chi connectivity index (χ4n) is 2.84. The predicted molar refractivity (Wildman–Crippen MR) is 130 cm³/mol. The number of aryl methyl sites for hydroxylation is 1. The van der Waals surface area contributed by atoms with Crippen LogP contribution in [-0.4, -0.2) is 9.97 Å². The molecule has 0 radical (unpaired) electrons. The zero-order chi connectivity index (χ0) is 21.8. The maximum Gasteiger partial charge on any atom is 0.0435 e. The van der Waals surface area contributed by atoms with E-state index < -0.39 is 0 Å². The van der Waals surface area contributed by atoms with Crippen LogP contribution in [0.4, 0.5) is 0 Å². The van der Waals surface area contributed by atoms with Gasteiger partial charge in [0.05, 0.1) is 0 Å². The van der Waals surface area contributed by atoms with Gasteiger partial charge >= 0.3 is 0 Å². The van der Waals surface area contributed by atoms with Crippen LogP contribution in [0.2, 0.25) is 0 Å². The average molecular weight is 397 g/mol. The van der Waals surface area contributed by atoms with Crippen LogP contribution in [0.1, 0.15) is 45.0 Å². The second kappa shape index (κ2) is 12.3. The molecule has 2 aromatic heterocycles. The Morgan fingerprint density at radius 2 is 1.17 bits per heavy atom. The van der Waals surface area contributed by atoms with E-state index in [0.717, 1.165) is 11.4 Å². The molecule has 0 saturated carbocycles. The molecule has 0 atom stereocenters. The molecule has 0 unspecified atom stereocenters. The van der Waals surface area contributed by atoms with Crippen LogP contribution in [-0.2, 0) is 0 Å².